The first-order valence-corrected chi connectivity index (χ1v) is 16.9. The molecule has 0 radical (unpaired) electrons. The maximum Gasteiger partial charge on any atom is 0.0125 e. The van der Waals surface area contributed by atoms with Gasteiger partial charge < -0.3 is 0 Å². The summed E-state index contributed by atoms with van der Waals surface area (Å²) in [4.78, 5) is 10.3. The van der Waals surface area contributed by atoms with Crippen LogP contribution in [0.15, 0.2) is 0 Å². The maximum atomic E-state index is 2.58. The monoisotopic (exact) mass is 567 g/mol. The first-order valence-electron chi connectivity index (χ1n) is 16.9. The van der Waals surface area contributed by atoms with E-state index >= 15 is 0 Å². The van der Waals surface area contributed by atoms with Crippen molar-refractivity contribution in [2.24, 2.45) is 0 Å². The molecule has 40 heavy (non-hydrogen) atoms. The summed E-state index contributed by atoms with van der Waals surface area (Å²) in [6, 6.07) is 0. The molecule has 0 spiro atoms. The molecule has 0 aliphatic carbocycles. The number of likely N-dealkylation sites (tertiary alicyclic amines) is 4. The van der Waals surface area contributed by atoms with Crippen LogP contribution in [0, 0.1) is 0 Å². The van der Waals surface area contributed by atoms with E-state index in [1.165, 1.54) is 123 Å². The predicted molar refractivity (Wildman–Crippen MR) is 183 cm³/mol. The predicted octanol–water partition coefficient (Wildman–Crippen LogP) is 9.33. The highest BCUT2D eigenvalue weighted by atomic mass is 15.2. The minimum atomic E-state index is 0. The lowest BCUT2D eigenvalue weighted by atomic mass is 10.0. The molecule has 0 saturated carbocycles. The van der Waals surface area contributed by atoms with E-state index < -0.39 is 0 Å². The highest BCUT2D eigenvalue weighted by molar-refractivity contribution is 4.81. The molecule has 4 saturated heterocycles. The minimum Gasteiger partial charge on any atom is -0.298 e. The van der Waals surface area contributed by atoms with Crippen LogP contribution in [-0.4, -0.2) is 94.1 Å². The van der Waals surface area contributed by atoms with E-state index in [9.17, 15) is 0 Å². The lowest BCUT2D eigenvalue weighted by Gasteiger charge is -2.38. The van der Waals surface area contributed by atoms with Crippen molar-refractivity contribution in [2.45, 2.75) is 183 Å². The minimum absolute atomic E-state index is 0. The third kappa shape index (κ3) is 17.1. The molecule has 0 unspecified atom stereocenters. The van der Waals surface area contributed by atoms with Gasteiger partial charge in [0.2, 0.25) is 0 Å². The molecule has 4 rings (SSSR count). The van der Waals surface area contributed by atoms with Gasteiger partial charge in [0, 0.05) is 22.2 Å². The van der Waals surface area contributed by atoms with Gasteiger partial charge in [0.25, 0.3) is 0 Å². The Balaban J connectivity index is 0.000000503. The van der Waals surface area contributed by atoms with Crippen LogP contribution in [0.1, 0.15) is 161 Å². The standard InChI is InChI=1S/3C9H19N.C8H17N.CH4/c3*1-9(2,3)10-7-5-4-6-8-10;1-8(2,3)9-6-4-5-7-9;/h3*4-8H2,1-3H3;4-7H2,1-3H3;1H4. The fourth-order valence-electron chi connectivity index (χ4n) is 6.08. The van der Waals surface area contributed by atoms with Crippen molar-refractivity contribution in [1.29, 1.82) is 0 Å². The number of nitrogens with zero attached hydrogens (tertiary/aromatic N) is 4. The summed E-state index contributed by atoms with van der Waals surface area (Å²) in [6.07, 6.45) is 15.5. The average Bonchev–Trinajstić information content (AvgIpc) is 3.42. The molecular formula is C36H78N4. The van der Waals surface area contributed by atoms with Crippen LogP contribution >= 0.6 is 0 Å². The molecule has 0 aromatic rings. The lowest BCUT2D eigenvalue weighted by molar-refractivity contribution is 0.110. The molecule has 4 aliphatic heterocycles. The van der Waals surface area contributed by atoms with Crippen LogP contribution in [0.5, 0.6) is 0 Å². The zero-order valence-electron chi connectivity index (χ0n) is 29.2. The Labute approximate surface area is 255 Å². The Kier molecular flexibility index (Phi) is 18.4. The first-order chi connectivity index (χ1) is 17.9. The van der Waals surface area contributed by atoms with Gasteiger partial charge >= 0.3 is 0 Å². The largest absolute Gasteiger partial charge is 0.298 e. The van der Waals surface area contributed by atoms with Crippen LogP contribution < -0.4 is 0 Å². The number of hydrogen-bond donors (Lipinski definition) is 0. The van der Waals surface area contributed by atoms with Crippen molar-refractivity contribution < 1.29 is 0 Å². The van der Waals surface area contributed by atoms with Gasteiger partial charge in [-0.3, -0.25) is 19.6 Å². The fraction of sp³-hybridized carbons (Fsp3) is 1.00. The maximum absolute atomic E-state index is 2.58. The summed E-state index contributed by atoms with van der Waals surface area (Å²) in [6.45, 7) is 38.1. The van der Waals surface area contributed by atoms with Gasteiger partial charge in [-0.25, -0.2) is 0 Å². The second kappa shape index (κ2) is 18.5. The number of rotatable bonds is 0. The van der Waals surface area contributed by atoms with Crippen molar-refractivity contribution in [3.63, 3.8) is 0 Å². The Morgan fingerprint density at radius 3 is 0.475 bits per heavy atom. The van der Waals surface area contributed by atoms with Crippen molar-refractivity contribution in [2.75, 3.05) is 52.4 Å². The topological polar surface area (TPSA) is 13.0 Å². The van der Waals surface area contributed by atoms with Crippen molar-refractivity contribution in [3.05, 3.63) is 0 Å². The summed E-state index contributed by atoms with van der Waals surface area (Å²) in [5, 5.41) is 0. The third-order valence-electron chi connectivity index (χ3n) is 8.97. The molecule has 242 valence electrons. The van der Waals surface area contributed by atoms with E-state index in [1.807, 2.05) is 0 Å². The number of hydrogen-bond acceptors (Lipinski definition) is 4. The van der Waals surface area contributed by atoms with Crippen LogP contribution in [0.2, 0.25) is 0 Å². The quantitative estimate of drug-likeness (QED) is 0.289. The number of piperidine rings is 3. The average molecular weight is 567 g/mol. The highest BCUT2D eigenvalue weighted by Crippen LogP contribution is 2.21. The second-order valence-electron chi connectivity index (χ2n) is 16.5. The van der Waals surface area contributed by atoms with Gasteiger partial charge in [0.1, 0.15) is 0 Å². The van der Waals surface area contributed by atoms with Crippen molar-refractivity contribution >= 4 is 0 Å². The zero-order chi connectivity index (χ0) is 29.7. The molecule has 0 N–H and O–H groups in total. The third-order valence-corrected chi connectivity index (χ3v) is 8.97. The molecule has 4 heterocycles. The Morgan fingerprint density at radius 1 is 0.250 bits per heavy atom. The Hall–Kier alpha value is -0.160. The van der Waals surface area contributed by atoms with Crippen molar-refractivity contribution in [3.8, 4) is 0 Å². The fourth-order valence-corrected chi connectivity index (χ4v) is 6.08. The smallest absolute Gasteiger partial charge is 0.0125 e. The summed E-state index contributed by atoms with van der Waals surface area (Å²) < 4.78 is 0. The van der Waals surface area contributed by atoms with Gasteiger partial charge in [0.05, 0.1) is 0 Å². The van der Waals surface area contributed by atoms with Gasteiger partial charge in [-0.2, -0.15) is 0 Å². The van der Waals surface area contributed by atoms with E-state index in [0.717, 1.165) is 0 Å². The molecule has 4 heteroatoms. The van der Waals surface area contributed by atoms with E-state index in [-0.39, 0.29) is 7.43 Å². The molecule has 4 fully saturated rings. The zero-order valence-corrected chi connectivity index (χ0v) is 29.2. The van der Waals surface area contributed by atoms with E-state index in [0.29, 0.717) is 22.2 Å². The molecule has 4 nitrogen and oxygen atoms in total. The molecule has 4 aliphatic rings. The molecule has 0 atom stereocenters. The summed E-state index contributed by atoms with van der Waals surface area (Å²) in [5.74, 6) is 0. The van der Waals surface area contributed by atoms with Crippen molar-refractivity contribution in [1.82, 2.24) is 19.6 Å². The Morgan fingerprint density at radius 2 is 0.375 bits per heavy atom. The second-order valence-corrected chi connectivity index (χ2v) is 16.5. The molecular weight excluding hydrogens is 488 g/mol. The Bertz CT molecular complexity index is 526. The normalized spacial score (nSPS) is 22.5. The lowest BCUT2D eigenvalue weighted by Crippen LogP contribution is -2.44. The summed E-state index contributed by atoms with van der Waals surface area (Å²) in [5.41, 5.74) is 1.62. The summed E-state index contributed by atoms with van der Waals surface area (Å²) >= 11 is 0. The van der Waals surface area contributed by atoms with E-state index in [2.05, 4.69) is 103 Å². The van der Waals surface area contributed by atoms with Crippen LogP contribution in [0.3, 0.4) is 0 Å². The van der Waals surface area contributed by atoms with Crippen LogP contribution in [-0.2, 0) is 0 Å². The van der Waals surface area contributed by atoms with Gasteiger partial charge in [-0.15, -0.1) is 0 Å². The SMILES string of the molecule is C.CC(C)(C)N1CCCC1.CC(C)(C)N1CCCCC1.CC(C)(C)N1CCCCC1.CC(C)(C)N1CCCCC1. The highest BCUT2D eigenvalue weighted by Gasteiger charge is 2.25. The molecule has 0 aromatic carbocycles. The van der Waals surface area contributed by atoms with Gasteiger partial charge in [-0.1, -0.05) is 26.7 Å². The van der Waals surface area contributed by atoms with Crippen LogP contribution in [0.25, 0.3) is 0 Å². The molecule has 0 amide bonds. The van der Waals surface area contributed by atoms with Gasteiger partial charge in [-0.05, 0) is 187 Å². The summed E-state index contributed by atoms with van der Waals surface area (Å²) in [7, 11) is 0. The molecule has 0 bridgehead atoms. The first kappa shape index (κ1) is 39.8. The molecule has 0 aromatic heterocycles. The van der Waals surface area contributed by atoms with Gasteiger partial charge in [0.15, 0.2) is 0 Å². The van der Waals surface area contributed by atoms with E-state index in [1.54, 1.807) is 0 Å². The van der Waals surface area contributed by atoms with Crippen LogP contribution in [0.4, 0.5) is 0 Å². The van der Waals surface area contributed by atoms with E-state index in [4.69, 9.17) is 0 Å².